The molecule has 0 fully saturated rings. The van der Waals surface area contributed by atoms with Crippen LogP contribution in [0.3, 0.4) is 0 Å². The Hall–Kier alpha value is -3.67. The first-order valence-corrected chi connectivity index (χ1v) is 9.49. The molecular formula is C24H25NO5. The number of methoxy groups -OCH3 is 3. The van der Waals surface area contributed by atoms with Gasteiger partial charge in [0.15, 0.2) is 11.5 Å². The van der Waals surface area contributed by atoms with Crippen LogP contribution in [0, 0.1) is 0 Å². The van der Waals surface area contributed by atoms with Crippen LogP contribution in [0.4, 0.5) is 0 Å². The smallest absolute Gasteiger partial charge is 0.251 e. The Morgan fingerprint density at radius 2 is 1.37 bits per heavy atom. The van der Waals surface area contributed by atoms with E-state index in [9.17, 15) is 4.79 Å². The van der Waals surface area contributed by atoms with Gasteiger partial charge >= 0.3 is 0 Å². The predicted molar refractivity (Wildman–Crippen MR) is 115 cm³/mol. The average Bonchev–Trinajstić information content (AvgIpc) is 2.79. The highest BCUT2D eigenvalue weighted by molar-refractivity contribution is 5.94. The molecule has 0 bridgehead atoms. The van der Waals surface area contributed by atoms with Crippen molar-refractivity contribution in [2.75, 3.05) is 21.3 Å². The summed E-state index contributed by atoms with van der Waals surface area (Å²) in [7, 11) is 4.67. The van der Waals surface area contributed by atoms with Crippen molar-refractivity contribution in [3.05, 3.63) is 77.9 Å². The van der Waals surface area contributed by atoms with Gasteiger partial charge in [-0.05, 0) is 61.0 Å². The topological polar surface area (TPSA) is 66.0 Å². The number of hydrogen-bond donors (Lipinski definition) is 1. The molecule has 0 aliphatic rings. The van der Waals surface area contributed by atoms with Crippen molar-refractivity contribution in [3.63, 3.8) is 0 Å². The van der Waals surface area contributed by atoms with E-state index in [0.29, 0.717) is 28.6 Å². The minimum atomic E-state index is -0.272. The fraction of sp³-hybridized carbons (Fsp3) is 0.208. The molecule has 3 aromatic carbocycles. The minimum absolute atomic E-state index is 0.192. The zero-order chi connectivity index (χ0) is 21.5. The second-order valence-electron chi connectivity index (χ2n) is 6.59. The lowest BCUT2D eigenvalue weighted by Gasteiger charge is -2.19. The molecule has 156 valence electrons. The van der Waals surface area contributed by atoms with Crippen LogP contribution >= 0.6 is 0 Å². The number of carbonyl (C=O) groups excluding carboxylic acids is 1. The van der Waals surface area contributed by atoms with E-state index < -0.39 is 0 Å². The Labute approximate surface area is 176 Å². The maximum Gasteiger partial charge on any atom is 0.251 e. The Morgan fingerprint density at radius 1 is 0.800 bits per heavy atom. The van der Waals surface area contributed by atoms with Crippen LogP contribution in [0.1, 0.15) is 28.9 Å². The van der Waals surface area contributed by atoms with E-state index >= 15 is 0 Å². The molecule has 0 aliphatic carbocycles. The number of hydrogen-bond acceptors (Lipinski definition) is 5. The minimum Gasteiger partial charge on any atom is -0.493 e. The molecular weight excluding hydrogens is 382 g/mol. The maximum absolute atomic E-state index is 12.7. The van der Waals surface area contributed by atoms with Gasteiger partial charge in [0.05, 0.1) is 27.4 Å². The molecule has 0 spiro atoms. The molecule has 1 unspecified atom stereocenters. The highest BCUT2D eigenvalue weighted by Crippen LogP contribution is 2.39. The van der Waals surface area contributed by atoms with Crippen molar-refractivity contribution in [3.8, 4) is 28.7 Å². The third kappa shape index (κ3) is 4.84. The number of nitrogens with one attached hydrogen (secondary N) is 1. The zero-order valence-electron chi connectivity index (χ0n) is 17.5. The Morgan fingerprint density at radius 3 is 1.90 bits per heavy atom. The molecule has 6 nitrogen and oxygen atoms in total. The van der Waals surface area contributed by atoms with Crippen LogP contribution in [0.2, 0.25) is 0 Å². The van der Waals surface area contributed by atoms with Gasteiger partial charge in [-0.25, -0.2) is 0 Å². The van der Waals surface area contributed by atoms with Crippen LogP contribution in [0.5, 0.6) is 28.7 Å². The molecule has 1 amide bonds. The number of ether oxygens (including phenoxy) is 4. The van der Waals surface area contributed by atoms with Crippen LogP contribution in [-0.4, -0.2) is 27.2 Å². The van der Waals surface area contributed by atoms with E-state index in [1.54, 1.807) is 45.6 Å². The number of carbonyl (C=O) groups is 1. The monoisotopic (exact) mass is 407 g/mol. The maximum atomic E-state index is 12.7. The highest BCUT2D eigenvalue weighted by Gasteiger charge is 2.18. The van der Waals surface area contributed by atoms with Gasteiger partial charge in [-0.2, -0.15) is 0 Å². The summed E-state index contributed by atoms with van der Waals surface area (Å²) >= 11 is 0. The SMILES string of the molecule is COc1cc(C(C)NC(=O)c2ccc(Oc3ccccc3)cc2)cc(OC)c1OC. The second kappa shape index (κ2) is 9.69. The summed E-state index contributed by atoms with van der Waals surface area (Å²) in [5, 5.41) is 2.99. The normalized spacial score (nSPS) is 11.3. The third-order valence-electron chi connectivity index (χ3n) is 4.63. The molecule has 30 heavy (non-hydrogen) atoms. The molecule has 0 aromatic heterocycles. The van der Waals surface area contributed by atoms with E-state index in [2.05, 4.69) is 5.32 Å². The van der Waals surface area contributed by atoms with Gasteiger partial charge in [-0.1, -0.05) is 18.2 Å². The predicted octanol–water partition coefficient (Wildman–Crippen LogP) is 5.00. The van der Waals surface area contributed by atoms with Crippen molar-refractivity contribution in [1.82, 2.24) is 5.32 Å². The third-order valence-corrected chi connectivity index (χ3v) is 4.63. The van der Waals surface area contributed by atoms with Crippen molar-refractivity contribution < 1.29 is 23.7 Å². The van der Waals surface area contributed by atoms with Gasteiger partial charge in [0.1, 0.15) is 11.5 Å². The van der Waals surface area contributed by atoms with Crippen LogP contribution in [-0.2, 0) is 0 Å². The standard InChI is InChI=1S/C24H25NO5/c1-16(18-14-21(27-2)23(29-4)22(15-18)28-3)25-24(26)17-10-12-20(13-11-17)30-19-8-6-5-7-9-19/h5-16H,1-4H3,(H,25,26). The Balaban J connectivity index is 1.71. The number of benzene rings is 3. The van der Waals surface area contributed by atoms with E-state index in [4.69, 9.17) is 18.9 Å². The molecule has 3 aromatic rings. The van der Waals surface area contributed by atoms with Gasteiger partial charge in [-0.15, -0.1) is 0 Å². The molecule has 3 rings (SSSR count). The van der Waals surface area contributed by atoms with Gasteiger partial charge in [0.2, 0.25) is 5.75 Å². The number of amides is 1. The lowest BCUT2D eigenvalue weighted by atomic mass is 10.1. The summed E-state index contributed by atoms with van der Waals surface area (Å²) in [5.74, 6) is 2.80. The molecule has 1 N–H and O–H groups in total. The van der Waals surface area contributed by atoms with Gasteiger partial charge in [-0.3, -0.25) is 4.79 Å². The first-order chi connectivity index (χ1) is 14.5. The molecule has 0 radical (unpaired) electrons. The van der Waals surface area contributed by atoms with E-state index in [-0.39, 0.29) is 11.9 Å². The molecule has 1 atom stereocenters. The summed E-state index contributed by atoms with van der Waals surface area (Å²) in [4.78, 5) is 12.7. The summed E-state index contributed by atoms with van der Waals surface area (Å²) in [6.45, 7) is 1.89. The van der Waals surface area contributed by atoms with Gasteiger partial charge < -0.3 is 24.3 Å². The molecule has 0 saturated heterocycles. The number of para-hydroxylation sites is 1. The second-order valence-corrected chi connectivity index (χ2v) is 6.59. The molecule has 6 heteroatoms. The van der Waals surface area contributed by atoms with Crippen molar-refractivity contribution in [2.24, 2.45) is 0 Å². The lowest BCUT2D eigenvalue weighted by Crippen LogP contribution is -2.26. The fourth-order valence-electron chi connectivity index (χ4n) is 3.01. The van der Waals surface area contributed by atoms with Crippen molar-refractivity contribution in [2.45, 2.75) is 13.0 Å². The largest absolute Gasteiger partial charge is 0.493 e. The zero-order valence-corrected chi connectivity index (χ0v) is 17.5. The fourth-order valence-corrected chi connectivity index (χ4v) is 3.01. The van der Waals surface area contributed by atoms with E-state index in [1.165, 1.54) is 0 Å². The Kier molecular flexibility index (Phi) is 6.80. The average molecular weight is 407 g/mol. The van der Waals surface area contributed by atoms with Crippen LogP contribution in [0.25, 0.3) is 0 Å². The van der Waals surface area contributed by atoms with Crippen molar-refractivity contribution in [1.29, 1.82) is 0 Å². The summed E-state index contributed by atoms with van der Waals surface area (Å²) in [5.41, 5.74) is 1.37. The quantitative estimate of drug-likeness (QED) is 0.569. The summed E-state index contributed by atoms with van der Waals surface area (Å²) in [6.07, 6.45) is 0. The van der Waals surface area contributed by atoms with E-state index in [0.717, 1.165) is 11.3 Å². The molecule has 0 saturated carbocycles. The number of rotatable bonds is 8. The van der Waals surface area contributed by atoms with Gasteiger partial charge in [0.25, 0.3) is 5.91 Å². The van der Waals surface area contributed by atoms with Crippen molar-refractivity contribution >= 4 is 5.91 Å². The highest BCUT2D eigenvalue weighted by atomic mass is 16.5. The van der Waals surface area contributed by atoms with Crippen LogP contribution < -0.4 is 24.3 Å². The van der Waals surface area contributed by atoms with Gasteiger partial charge in [0, 0.05) is 5.56 Å². The lowest BCUT2D eigenvalue weighted by molar-refractivity contribution is 0.0939. The molecule has 0 heterocycles. The first-order valence-electron chi connectivity index (χ1n) is 9.49. The molecule has 0 aliphatic heterocycles. The summed E-state index contributed by atoms with van der Waals surface area (Å²) < 4.78 is 21.9. The van der Waals surface area contributed by atoms with E-state index in [1.807, 2.05) is 49.4 Å². The Bertz CT molecular complexity index is 961. The van der Waals surface area contributed by atoms with Crippen LogP contribution in [0.15, 0.2) is 66.7 Å². The summed E-state index contributed by atoms with van der Waals surface area (Å²) in [6, 6.07) is 19.9. The first kappa shape index (κ1) is 21.0.